The third kappa shape index (κ3) is 2.82. The van der Waals surface area contributed by atoms with Crippen LogP contribution in [-0.2, 0) is 9.84 Å². The van der Waals surface area contributed by atoms with Crippen LogP contribution in [0, 0.1) is 11.3 Å². The Bertz CT molecular complexity index is 597. The molecule has 19 heavy (non-hydrogen) atoms. The van der Waals surface area contributed by atoms with E-state index in [-0.39, 0.29) is 5.75 Å². The van der Waals surface area contributed by atoms with Crippen molar-refractivity contribution in [2.75, 3.05) is 28.7 Å². The minimum absolute atomic E-state index is 0.0802. The van der Waals surface area contributed by atoms with Crippen LogP contribution in [0.15, 0.2) is 12.3 Å². The molecule has 0 aliphatic carbocycles. The summed E-state index contributed by atoms with van der Waals surface area (Å²) < 4.78 is 24.3. The summed E-state index contributed by atoms with van der Waals surface area (Å²) in [6.45, 7) is 2.19. The van der Waals surface area contributed by atoms with Crippen molar-refractivity contribution in [3.05, 3.63) is 17.8 Å². The molecule has 2 rings (SSSR count). The highest BCUT2D eigenvalue weighted by Gasteiger charge is 2.34. The standard InChI is InChI=1S/C11H14N4O2S2/c1-2-19(16,17)10-8-18-6-5-15(10)11-9(7-12)3-4-13-14-11/h3-4,10H,2,5-6,8H2,1H3. The van der Waals surface area contributed by atoms with Gasteiger partial charge in [0, 0.05) is 23.8 Å². The SMILES string of the molecule is CCS(=O)(=O)C1CSCCN1c1nnccc1C#N. The van der Waals surface area contributed by atoms with Crippen molar-refractivity contribution in [1.82, 2.24) is 10.2 Å². The molecule has 1 aromatic heterocycles. The van der Waals surface area contributed by atoms with E-state index in [0.717, 1.165) is 5.75 Å². The Hall–Kier alpha value is -1.33. The van der Waals surface area contributed by atoms with E-state index >= 15 is 0 Å². The summed E-state index contributed by atoms with van der Waals surface area (Å²) in [7, 11) is -3.22. The van der Waals surface area contributed by atoms with E-state index in [1.165, 1.54) is 6.20 Å². The monoisotopic (exact) mass is 298 g/mol. The summed E-state index contributed by atoms with van der Waals surface area (Å²) in [5.74, 6) is 1.76. The largest absolute Gasteiger partial charge is 0.336 e. The fraction of sp³-hybridized carbons (Fsp3) is 0.545. The molecule has 102 valence electrons. The van der Waals surface area contributed by atoms with Gasteiger partial charge in [-0.25, -0.2) is 8.42 Å². The Labute approximate surface area is 116 Å². The molecule has 8 heteroatoms. The number of aromatic nitrogens is 2. The van der Waals surface area contributed by atoms with Crippen LogP contribution in [0.2, 0.25) is 0 Å². The van der Waals surface area contributed by atoms with Gasteiger partial charge in [-0.2, -0.15) is 22.1 Å². The van der Waals surface area contributed by atoms with Crippen LogP contribution in [-0.4, -0.2) is 47.8 Å². The molecule has 0 saturated carbocycles. The number of nitriles is 1. The van der Waals surface area contributed by atoms with E-state index < -0.39 is 15.2 Å². The number of rotatable bonds is 3. The van der Waals surface area contributed by atoms with Gasteiger partial charge in [0.1, 0.15) is 11.4 Å². The molecule has 0 radical (unpaired) electrons. The van der Waals surface area contributed by atoms with Crippen molar-refractivity contribution in [3.63, 3.8) is 0 Å². The van der Waals surface area contributed by atoms with Gasteiger partial charge in [-0.15, -0.1) is 5.10 Å². The van der Waals surface area contributed by atoms with Crippen LogP contribution in [0.1, 0.15) is 12.5 Å². The number of anilines is 1. The lowest BCUT2D eigenvalue weighted by Gasteiger charge is -2.35. The van der Waals surface area contributed by atoms with Gasteiger partial charge in [0.15, 0.2) is 15.7 Å². The van der Waals surface area contributed by atoms with Gasteiger partial charge < -0.3 is 4.90 Å². The lowest BCUT2D eigenvalue weighted by atomic mass is 10.3. The second kappa shape index (κ2) is 5.75. The first-order valence-electron chi connectivity index (χ1n) is 5.88. The maximum atomic E-state index is 12.2. The van der Waals surface area contributed by atoms with Gasteiger partial charge >= 0.3 is 0 Å². The number of hydrogen-bond donors (Lipinski definition) is 0. The maximum Gasteiger partial charge on any atom is 0.171 e. The van der Waals surface area contributed by atoms with Crippen molar-refractivity contribution in [1.29, 1.82) is 5.26 Å². The molecule has 1 aromatic rings. The molecule has 0 amide bonds. The first-order valence-corrected chi connectivity index (χ1v) is 8.75. The summed E-state index contributed by atoms with van der Waals surface area (Å²) in [5.41, 5.74) is 0.359. The fourth-order valence-electron chi connectivity index (χ4n) is 1.94. The molecule has 6 nitrogen and oxygen atoms in total. The van der Waals surface area contributed by atoms with Crippen LogP contribution >= 0.6 is 11.8 Å². The van der Waals surface area contributed by atoms with Gasteiger partial charge in [-0.3, -0.25) is 0 Å². The lowest BCUT2D eigenvalue weighted by molar-refractivity contribution is 0.578. The van der Waals surface area contributed by atoms with Crippen molar-refractivity contribution < 1.29 is 8.42 Å². The Kier molecular flexibility index (Phi) is 4.27. The zero-order valence-electron chi connectivity index (χ0n) is 10.5. The average Bonchev–Trinajstić information content (AvgIpc) is 2.47. The Balaban J connectivity index is 2.43. The van der Waals surface area contributed by atoms with Crippen molar-refractivity contribution in [2.45, 2.75) is 12.3 Å². The molecule has 1 aliphatic rings. The lowest BCUT2D eigenvalue weighted by Crippen LogP contribution is -2.48. The summed E-state index contributed by atoms with van der Waals surface area (Å²) in [6.07, 6.45) is 1.43. The Morgan fingerprint density at radius 1 is 1.63 bits per heavy atom. The molecule has 0 N–H and O–H groups in total. The van der Waals surface area contributed by atoms with Crippen molar-refractivity contribution in [3.8, 4) is 6.07 Å². The number of sulfone groups is 1. The van der Waals surface area contributed by atoms with Crippen LogP contribution in [0.4, 0.5) is 5.82 Å². The third-order valence-corrected chi connectivity index (χ3v) is 6.28. The fourth-order valence-corrected chi connectivity index (χ4v) is 4.91. The number of hydrogen-bond acceptors (Lipinski definition) is 7. The van der Waals surface area contributed by atoms with Gasteiger partial charge in [0.05, 0.1) is 11.8 Å². The molecule has 0 spiro atoms. The van der Waals surface area contributed by atoms with E-state index in [2.05, 4.69) is 10.2 Å². The third-order valence-electron chi connectivity index (χ3n) is 3.00. The molecule has 0 aromatic carbocycles. The zero-order valence-corrected chi connectivity index (χ0v) is 12.1. The van der Waals surface area contributed by atoms with Crippen LogP contribution in [0.5, 0.6) is 0 Å². The first kappa shape index (κ1) is 14.1. The second-order valence-corrected chi connectivity index (χ2v) is 7.65. The van der Waals surface area contributed by atoms with E-state index in [9.17, 15) is 8.42 Å². The highest BCUT2D eigenvalue weighted by molar-refractivity contribution is 8.01. The van der Waals surface area contributed by atoms with E-state index in [0.29, 0.717) is 23.7 Å². The predicted molar refractivity (Wildman–Crippen MR) is 74.7 cm³/mol. The number of thioether (sulfide) groups is 1. The van der Waals surface area contributed by atoms with E-state index in [4.69, 9.17) is 5.26 Å². The Morgan fingerprint density at radius 3 is 3.11 bits per heavy atom. The van der Waals surface area contributed by atoms with Gasteiger partial charge in [-0.1, -0.05) is 6.92 Å². The Morgan fingerprint density at radius 2 is 2.42 bits per heavy atom. The zero-order chi connectivity index (χ0) is 13.9. The minimum atomic E-state index is -3.22. The molecule has 1 saturated heterocycles. The van der Waals surface area contributed by atoms with Crippen LogP contribution < -0.4 is 4.90 Å². The summed E-state index contributed by atoms with van der Waals surface area (Å²) >= 11 is 1.61. The van der Waals surface area contributed by atoms with Gasteiger partial charge in [-0.05, 0) is 6.07 Å². The summed E-state index contributed by atoms with van der Waals surface area (Å²) in [5, 5.41) is 16.2. The average molecular weight is 298 g/mol. The first-order chi connectivity index (χ1) is 9.10. The van der Waals surface area contributed by atoms with Gasteiger partial charge in [0.25, 0.3) is 0 Å². The van der Waals surface area contributed by atoms with Crippen molar-refractivity contribution in [2.24, 2.45) is 0 Å². The van der Waals surface area contributed by atoms with Crippen LogP contribution in [0.3, 0.4) is 0 Å². The van der Waals surface area contributed by atoms with Crippen LogP contribution in [0.25, 0.3) is 0 Å². The highest BCUT2D eigenvalue weighted by Crippen LogP contribution is 2.27. The molecular weight excluding hydrogens is 284 g/mol. The smallest absolute Gasteiger partial charge is 0.171 e. The normalized spacial score (nSPS) is 20.0. The molecule has 1 fully saturated rings. The molecule has 1 atom stereocenters. The van der Waals surface area contributed by atoms with E-state index in [1.807, 2.05) is 6.07 Å². The second-order valence-electron chi connectivity index (χ2n) is 4.05. The quantitative estimate of drug-likeness (QED) is 0.810. The summed E-state index contributed by atoms with van der Waals surface area (Å²) in [6, 6.07) is 3.59. The van der Waals surface area contributed by atoms with Gasteiger partial charge in [0.2, 0.25) is 0 Å². The minimum Gasteiger partial charge on any atom is -0.336 e. The highest BCUT2D eigenvalue weighted by atomic mass is 32.2. The molecular formula is C11H14N4O2S2. The van der Waals surface area contributed by atoms with Crippen molar-refractivity contribution >= 4 is 27.4 Å². The topological polar surface area (TPSA) is 87.0 Å². The molecule has 1 aliphatic heterocycles. The number of nitrogens with zero attached hydrogens (tertiary/aromatic N) is 4. The molecule has 0 bridgehead atoms. The maximum absolute atomic E-state index is 12.2. The molecule has 1 unspecified atom stereocenters. The molecule has 2 heterocycles. The predicted octanol–water partition coefficient (Wildman–Crippen LogP) is 0.662. The summed E-state index contributed by atoms with van der Waals surface area (Å²) in [4.78, 5) is 1.70. The van der Waals surface area contributed by atoms with E-state index in [1.54, 1.807) is 29.7 Å².